The lowest BCUT2D eigenvalue weighted by molar-refractivity contribution is 0.217. The van der Waals surface area contributed by atoms with E-state index >= 15 is 0 Å². The van der Waals surface area contributed by atoms with E-state index in [9.17, 15) is 0 Å². The zero-order valence-corrected chi connectivity index (χ0v) is 20.3. The Kier molecular flexibility index (Phi) is 7.96. The van der Waals surface area contributed by atoms with E-state index in [2.05, 4.69) is 28.7 Å². The monoisotopic (exact) mass is 451 g/mol. The van der Waals surface area contributed by atoms with Crippen molar-refractivity contribution in [2.45, 2.75) is 64.9 Å². The molecule has 1 atom stereocenters. The van der Waals surface area contributed by atoms with Crippen molar-refractivity contribution in [3.05, 3.63) is 29.8 Å². The molecule has 178 valence electrons. The Morgan fingerprint density at radius 3 is 2.09 bits per heavy atom. The lowest BCUT2D eigenvalue weighted by Gasteiger charge is -2.30. The Bertz CT molecular complexity index is 886. The molecular weight excluding hydrogens is 414 g/mol. The van der Waals surface area contributed by atoms with Gasteiger partial charge in [0.05, 0.1) is 12.3 Å². The molecule has 0 amide bonds. The van der Waals surface area contributed by atoms with Gasteiger partial charge in [0.2, 0.25) is 11.9 Å². The van der Waals surface area contributed by atoms with E-state index in [1.807, 2.05) is 37.5 Å². The van der Waals surface area contributed by atoms with Gasteiger partial charge in [-0.25, -0.2) is 5.01 Å². The molecule has 0 saturated carbocycles. The van der Waals surface area contributed by atoms with E-state index in [0.717, 1.165) is 55.8 Å². The minimum atomic E-state index is 0.153. The number of ether oxygens (including phenoxy) is 1. The molecule has 2 saturated heterocycles. The molecule has 33 heavy (non-hydrogen) atoms. The van der Waals surface area contributed by atoms with Crippen LogP contribution in [0, 0.1) is 0 Å². The summed E-state index contributed by atoms with van der Waals surface area (Å²) in [5, 5.41) is 6.41. The second-order valence-electron chi connectivity index (χ2n) is 8.97. The Hall–Kier alpha value is -2.90. The number of hydrogen-bond donors (Lipinski definition) is 0. The first-order valence-electron chi connectivity index (χ1n) is 12.4. The fourth-order valence-corrected chi connectivity index (χ4v) is 4.15. The van der Waals surface area contributed by atoms with Crippen molar-refractivity contribution < 1.29 is 4.74 Å². The van der Waals surface area contributed by atoms with Crippen molar-refractivity contribution in [2.75, 3.05) is 48.0 Å². The van der Waals surface area contributed by atoms with Crippen LogP contribution >= 0.6 is 0 Å². The number of piperidine rings is 2. The van der Waals surface area contributed by atoms with Crippen LogP contribution in [0.15, 0.2) is 29.4 Å². The van der Waals surface area contributed by atoms with Gasteiger partial charge in [-0.05, 0) is 64.0 Å². The maximum Gasteiger partial charge on any atom is 0.252 e. The average molecular weight is 452 g/mol. The predicted octanol–water partition coefficient (Wildman–Crippen LogP) is 4.50. The van der Waals surface area contributed by atoms with E-state index in [1.54, 1.807) is 5.01 Å². The molecule has 0 unspecified atom stereocenters. The Balaban J connectivity index is 1.59. The standard InChI is InChI=1S/C25H37N7O/c1-4-20(2)33-22-14-8-7-13-21(22)19-26-30(3)23-27-24(31-15-9-5-10-16-31)29-25(28-23)32-17-11-6-12-18-32/h7-8,13-14,19-20H,4-6,9-12,15-18H2,1-3H3/b26-19-/t20-/m0/s1. The SMILES string of the molecule is CC[C@H](C)Oc1ccccc1/C=N\N(C)c1nc(N2CCCCC2)nc(N2CCCCC2)n1. The van der Waals surface area contributed by atoms with Gasteiger partial charge in [0, 0.05) is 38.8 Å². The first kappa shape index (κ1) is 23.3. The molecule has 0 bridgehead atoms. The topological polar surface area (TPSA) is 70.0 Å². The Morgan fingerprint density at radius 1 is 0.939 bits per heavy atom. The quantitative estimate of drug-likeness (QED) is 0.432. The molecule has 0 radical (unpaired) electrons. The highest BCUT2D eigenvalue weighted by Crippen LogP contribution is 2.24. The number of benzene rings is 1. The fourth-order valence-electron chi connectivity index (χ4n) is 4.15. The summed E-state index contributed by atoms with van der Waals surface area (Å²) in [6.07, 6.45) is 10.2. The lowest BCUT2D eigenvalue weighted by Crippen LogP contribution is -2.35. The van der Waals surface area contributed by atoms with Crippen LogP contribution in [-0.4, -0.2) is 60.5 Å². The van der Waals surface area contributed by atoms with Crippen molar-refractivity contribution >= 4 is 24.1 Å². The highest BCUT2D eigenvalue weighted by Gasteiger charge is 2.21. The molecule has 1 aromatic carbocycles. The molecule has 2 fully saturated rings. The minimum Gasteiger partial charge on any atom is -0.490 e. The highest BCUT2D eigenvalue weighted by atomic mass is 16.5. The molecule has 2 aliphatic rings. The van der Waals surface area contributed by atoms with Crippen molar-refractivity contribution in [3.8, 4) is 5.75 Å². The van der Waals surface area contributed by atoms with E-state index in [0.29, 0.717) is 5.95 Å². The number of nitrogens with zero attached hydrogens (tertiary/aromatic N) is 7. The van der Waals surface area contributed by atoms with E-state index in [4.69, 9.17) is 19.7 Å². The Morgan fingerprint density at radius 2 is 1.52 bits per heavy atom. The third kappa shape index (κ3) is 6.12. The highest BCUT2D eigenvalue weighted by molar-refractivity contribution is 5.84. The van der Waals surface area contributed by atoms with Crippen LogP contribution in [-0.2, 0) is 0 Å². The fraction of sp³-hybridized carbons (Fsp3) is 0.600. The van der Waals surface area contributed by atoms with Crippen molar-refractivity contribution in [3.63, 3.8) is 0 Å². The van der Waals surface area contributed by atoms with Gasteiger partial charge in [-0.15, -0.1) is 0 Å². The van der Waals surface area contributed by atoms with Gasteiger partial charge < -0.3 is 14.5 Å². The zero-order chi connectivity index (χ0) is 23.0. The summed E-state index contributed by atoms with van der Waals surface area (Å²) in [5.74, 6) is 2.94. The smallest absolute Gasteiger partial charge is 0.252 e. The lowest BCUT2D eigenvalue weighted by atomic mass is 10.1. The number of hydrogen-bond acceptors (Lipinski definition) is 8. The summed E-state index contributed by atoms with van der Waals surface area (Å²) in [5.41, 5.74) is 0.936. The first-order valence-corrected chi connectivity index (χ1v) is 12.4. The molecule has 0 spiro atoms. The summed E-state index contributed by atoms with van der Waals surface area (Å²) in [6, 6.07) is 7.98. The summed E-state index contributed by atoms with van der Waals surface area (Å²) < 4.78 is 6.07. The first-order chi connectivity index (χ1) is 16.1. The maximum atomic E-state index is 6.07. The maximum absolute atomic E-state index is 6.07. The van der Waals surface area contributed by atoms with Crippen molar-refractivity contribution in [1.82, 2.24) is 15.0 Å². The normalized spacial score (nSPS) is 17.9. The van der Waals surface area contributed by atoms with E-state index in [1.165, 1.54) is 38.5 Å². The molecule has 8 heteroatoms. The molecular formula is C25H37N7O. The van der Waals surface area contributed by atoms with Gasteiger partial charge in [-0.1, -0.05) is 19.1 Å². The largest absolute Gasteiger partial charge is 0.490 e. The van der Waals surface area contributed by atoms with Crippen LogP contribution in [0.25, 0.3) is 0 Å². The molecule has 0 aliphatic carbocycles. The van der Waals surface area contributed by atoms with E-state index in [-0.39, 0.29) is 6.10 Å². The summed E-state index contributed by atoms with van der Waals surface area (Å²) in [6.45, 7) is 8.18. The second-order valence-corrected chi connectivity index (χ2v) is 8.97. The van der Waals surface area contributed by atoms with Crippen LogP contribution in [0.3, 0.4) is 0 Å². The third-order valence-electron chi connectivity index (χ3n) is 6.36. The van der Waals surface area contributed by atoms with Crippen molar-refractivity contribution in [1.29, 1.82) is 0 Å². The number of hydrazone groups is 1. The van der Waals surface area contributed by atoms with Crippen LogP contribution in [0.5, 0.6) is 5.75 Å². The Labute approximate surface area is 197 Å². The number of rotatable bonds is 8. The summed E-state index contributed by atoms with van der Waals surface area (Å²) in [4.78, 5) is 19.1. The van der Waals surface area contributed by atoms with Gasteiger partial charge >= 0.3 is 0 Å². The molecule has 8 nitrogen and oxygen atoms in total. The van der Waals surface area contributed by atoms with Gasteiger partial charge in [-0.2, -0.15) is 20.1 Å². The molecule has 0 N–H and O–H groups in total. The van der Waals surface area contributed by atoms with Crippen LogP contribution < -0.4 is 19.5 Å². The summed E-state index contributed by atoms with van der Waals surface area (Å²) >= 11 is 0. The van der Waals surface area contributed by atoms with Gasteiger partial charge in [0.25, 0.3) is 5.95 Å². The van der Waals surface area contributed by atoms with Crippen LogP contribution in [0.1, 0.15) is 64.4 Å². The second kappa shape index (κ2) is 11.3. The predicted molar refractivity (Wildman–Crippen MR) is 135 cm³/mol. The molecule has 2 aliphatic heterocycles. The van der Waals surface area contributed by atoms with Crippen LogP contribution in [0.4, 0.5) is 17.8 Å². The number of anilines is 3. The minimum absolute atomic E-state index is 0.153. The van der Waals surface area contributed by atoms with Crippen LogP contribution in [0.2, 0.25) is 0 Å². The average Bonchev–Trinajstić information content (AvgIpc) is 2.88. The number of aromatic nitrogens is 3. The van der Waals surface area contributed by atoms with Gasteiger partial charge in [-0.3, -0.25) is 0 Å². The van der Waals surface area contributed by atoms with E-state index < -0.39 is 0 Å². The van der Waals surface area contributed by atoms with Gasteiger partial charge in [0.15, 0.2) is 0 Å². The molecule has 2 aromatic rings. The molecule has 3 heterocycles. The molecule has 1 aromatic heterocycles. The third-order valence-corrected chi connectivity index (χ3v) is 6.36. The van der Waals surface area contributed by atoms with Crippen molar-refractivity contribution in [2.24, 2.45) is 5.10 Å². The summed E-state index contributed by atoms with van der Waals surface area (Å²) in [7, 11) is 1.89. The zero-order valence-electron chi connectivity index (χ0n) is 20.3. The number of para-hydroxylation sites is 1. The van der Waals surface area contributed by atoms with Gasteiger partial charge in [0.1, 0.15) is 5.75 Å². The molecule has 4 rings (SSSR count).